The Kier molecular flexibility index (Phi) is 4.58. The van der Waals surface area contributed by atoms with Gasteiger partial charge in [-0.05, 0) is 25.6 Å². The molecule has 4 nitrogen and oxygen atoms in total. The number of hydrogen-bond donors (Lipinski definition) is 1. The van der Waals surface area contributed by atoms with Crippen LogP contribution in [0.25, 0.3) is 6.08 Å². The number of rotatable bonds is 2. The minimum absolute atomic E-state index is 0.0167. The number of nitrogens with zero attached hydrogens (tertiary/aromatic N) is 2. The highest BCUT2D eigenvalue weighted by Gasteiger charge is 2.17. The molecular formula is C15H21N3O. The molecule has 102 valence electrons. The summed E-state index contributed by atoms with van der Waals surface area (Å²) in [6.07, 6.45) is 3.64. The summed E-state index contributed by atoms with van der Waals surface area (Å²) in [5.74, 6) is 0. The lowest BCUT2D eigenvalue weighted by molar-refractivity contribution is 0.157. The van der Waals surface area contributed by atoms with Crippen LogP contribution in [0.3, 0.4) is 0 Å². The normalized spacial score (nSPS) is 16.8. The smallest absolute Gasteiger partial charge is 0.321 e. The number of carbonyl (C=O) groups excluding carboxylic acids is 1. The number of carbonyl (C=O) groups is 1. The second kappa shape index (κ2) is 6.38. The molecule has 19 heavy (non-hydrogen) atoms. The number of piperazine rings is 1. The number of likely N-dealkylation sites (N-methyl/N-ethyl adjacent to an activating group) is 1. The van der Waals surface area contributed by atoms with E-state index in [1.165, 1.54) is 5.56 Å². The molecule has 1 aliphatic rings. The summed E-state index contributed by atoms with van der Waals surface area (Å²) >= 11 is 0. The van der Waals surface area contributed by atoms with Gasteiger partial charge in [0.15, 0.2) is 0 Å². The third kappa shape index (κ3) is 4.10. The van der Waals surface area contributed by atoms with Gasteiger partial charge in [-0.2, -0.15) is 0 Å². The number of nitrogens with one attached hydrogen (secondary N) is 1. The molecule has 1 N–H and O–H groups in total. The molecule has 0 radical (unpaired) electrons. The fourth-order valence-corrected chi connectivity index (χ4v) is 2.08. The van der Waals surface area contributed by atoms with Crippen molar-refractivity contribution in [3.05, 3.63) is 41.6 Å². The van der Waals surface area contributed by atoms with Gasteiger partial charge in [0.05, 0.1) is 0 Å². The quantitative estimate of drug-likeness (QED) is 0.881. The van der Waals surface area contributed by atoms with E-state index < -0.39 is 0 Å². The zero-order chi connectivity index (χ0) is 13.7. The monoisotopic (exact) mass is 259 g/mol. The average Bonchev–Trinajstić information content (AvgIpc) is 2.39. The Morgan fingerprint density at radius 2 is 2.00 bits per heavy atom. The van der Waals surface area contributed by atoms with Gasteiger partial charge in [-0.25, -0.2) is 4.79 Å². The predicted molar refractivity (Wildman–Crippen MR) is 77.8 cm³/mol. The molecule has 0 atom stereocenters. The lowest BCUT2D eigenvalue weighted by Gasteiger charge is -2.31. The van der Waals surface area contributed by atoms with E-state index in [1.807, 2.05) is 23.1 Å². The average molecular weight is 259 g/mol. The first kappa shape index (κ1) is 13.6. The van der Waals surface area contributed by atoms with Gasteiger partial charge >= 0.3 is 6.03 Å². The van der Waals surface area contributed by atoms with E-state index in [2.05, 4.69) is 36.3 Å². The van der Waals surface area contributed by atoms with Crippen LogP contribution in [-0.2, 0) is 0 Å². The van der Waals surface area contributed by atoms with Crippen LogP contribution in [0.15, 0.2) is 30.5 Å². The molecule has 4 heteroatoms. The van der Waals surface area contributed by atoms with Crippen LogP contribution in [0.1, 0.15) is 11.1 Å². The van der Waals surface area contributed by atoms with Crippen LogP contribution in [0.5, 0.6) is 0 Å². The topological polar surface area (TPSA) is 35.6 Å². The molecule has 0 aliphatic carbocycles. The number of amides is 2. The van der Waals surface area contributed by atoms with Gasteiger partial charge in [0, 0.05) is 32.4 Å². The van der Waals surface area contributed by atoms with Crippen LogP contribution in [-0.4, -0.2) is 49.1 Å². The van der Waals surface area contributed by atoms with Crippen molar-refractivity contribution in [1.29, 1.82) is 0 Å². The molecule has 2 amide bonds. The fraction of sp³-hybridized carbons (Fsp3) is 0.400. The van der Waals surface area contributed by atoms with Crippen LogP contribution < -0.4 is 5.32 Å². The number of urea groups is 1. The molecule has 0 bridgehead atoms. The molecular weight excluding hydrogens is 238 g/mol. The minimum Gasteiger partial charge on any atom is -0.322 e. The minimum atomic E-state index is -0.0167. The van der Waals surface area contributed by atoms with Gasteiger partial charge in [-0.1, -0.05) is 29.8 Å². The molecule has 0 spiro atoms. The highest BCUT2D eigenvalue weighted by molar-refractivity contribution is 5.76. The number of benzene rings is 1. The van der Waals surface area contributed by atoms with Gasteiger partial charge < -0.3 is 15.1 Å². The van der Waals surface area contributed by atoms with Gasteiger partial charge in [0.1, 0.15) is 0 Å². The molecule has 0 aromatic heterocycles. The standard InChI is InChI=1S/C15H21N3O/c1-13-4-3-5-14(12-13)6-7-16-15(19)18-10-8-17(2)9-11-18/h3-7,12H,8-11H2,1-2H3,(H,16,19)/b7-6+. The zero-order valence-corrected chi connectivity index (χ0v) is 11.6. The Morgan fingerprint density at radius 3 is 2.68 bits per heavy atom. The fourth-order valence-electron chi connectivity index (χ4n) is 2.08. The largest absolute Gasteiger partial charge is 0.322 e. The molecule has 1 aromatic carbocycles. The first-order valence-electron chi connectivity index (χ1n) is 6.62. The first-order valence-corrected chi connectivity index (χ1v) is 6.62. The van der Waals surface area contributed by atoms with E-state index in [4.69, 9.17) is 0 Å². The maximum Gasteiger partial charge on any atom is 0.321 e. The highest BCUT2D eigenvalue weighted by Crippen LogP contribution is 2.05. The Balaban J connectivity index is 1.83. The first-order chi connectivity index (χ1) is 9.15. The summed E-state index contributed by atoms with van der Waals surface area (Å²) < 4.78 is 0. The van der Waals surface area contributed by atoms with Gasteiger partial charge in [0.25, 0.3) is 0 Å². The molecule has 2 rings (SSSR count). The molecule has 1 fully saturated rings. The summed E-state index contributed by atoms with van der Waals surface area (Å²) in [6, 6.07) is 8.15. The summed E-state index contributed by atoms with van der Waals surface area (Å²) in [7, 11) is 2.08. The second-order valence-corrected chi connectivity index (χ2v) is 4.99. The van der Waals surface area contributed by atoms with Gasteiger partial charge in [-0.15, -0.1) is 0 Å². The van der Waals surface area contributed by atoms with E-state index in [0.717, 1.165) is 31.7 Å². The van der Waals surface area contributed by atoms with Crippen LogP contribution >= 0.6 is 0 Å². The van der Waals surface area contributed by atoms with E-state index >= 15 is 0 Å². The maximum atomic E-state index is 11.9. The molecule has 1 aliphatic heterocycles. The second-order valence-electron chi connectivity index (χ2n) is 4.99. The van der Waals surface area contributed by atoms with Crippen molar-refractivity contribution in [3.63, 3.8) is 0 Å². The van der Waals surface area contributed by atoms with Crippen molar-refractivity contribution < 1.29 is 4.79 Å². The van der Waals surface area contributed by atoms with E-state index in [1.54, 1.807) is 6.20 Å². The van der Waals surface area contributed by atoms with E-state index in [-0.39, 0.29) is 6.03 Å². The number of aryl methyl sites for hydroxylation is 1. The van der Waals surface area contributed by atoms with Crippen molar-refractivity contribution in [3.8, 4) is 0 Å². The van der Waals surface area contributed by atoms with Gasteiger partial charge in [0.2, 0.25) is 0 Å². The lowest BCUT2D eigenvalue weighted by atomic mass is 10.1. The van der Waals surface area contributed by atoms with E-state index in [9.17, 15) is 4.79 Å². The van der Waals surface area contributed by atoms with Gasteiger partial charge in [-0.3, -0.25) is 0 Å². The molecule has 1 heterocycles. The van der Waals surface area contributed by atoms with Crippen molar-refractivity contribution >= 4 is 12.1 Å². The lowest BCUT2D eigenvalue weighted by Crippen LogP contribution is -2.49. The van der Waals surface area contributed by atoms with Crippen molar-refractivity contribution in [2.75, 3.05) is 33.2 Å². The van der Waals surface area contributed by atoms with Crippen molar-refractivity contribution in [1.82, 2.24) is 15.1 Å². The summed E-state index contributed by atoms with van der Waals surface area (Å²) in [4.78, 5) is 16.0. The third-order valence-corrected chi connectivity index (χ3v) is 3.32. The van der Waals surface area contributed by atoms with Crippen molar-refractivity contribution in [2.24, 2.45) is 0 Å². The van der Waals surface area contributed by atoms with Crippen LogP contribution in [0.2, 0.25) is 0 Å². The van der Waals surface area contributed by atoms with Crippen molar-refractivity contribution in [2.45, 2.75) is 6.92 Å². The Morgan fingerprint density at radius 1 is 1.26 bits per heavy atom. The molecule has 1 aromatic rings. The van der Waals surface area contributed by atoms with Crippen LogP contribution in [0.4, 0.5) is 4.79 Å². The number of hydrogen-bond acceptors (Lipinski definition) is 2. The summed E-state index contributed by atoms with van der Waals surface area (Å²) in [6.45, 7) is 5.52. The summed E-state index contributed by atoms with van der Waals surface area (Å²) in [5.41, 5.74) is 2.31. The maximum absolute atomic E-state index is 11.9. The highest BCUT2D eigenvalue weighted by atomic mass is 16.2. The summed E-state index contributed by atoms with van der Waals surface area (Å²) in [5, 5.41) is 2.82. The van der Waals surface area contributed by atoms with Crippen LogP contribution in [0, 0.1) is 6.92 Å². The molecule has 0 saturated carbocycles. The Labute approximate surface area is 114 Å². The SMILES string of the molecule is Cc1cccc(/C=C/NC(=O)N2CCN(C)CC2)c1. The zero-order valence-electron chi connectivity index (χ0n) is 11.6. The Bertz CT molecular complexity index is 462. The predicted octanol–water partition coefficient (Wildman–Crippen LogP) is 1.92. The third-order valence-electron chi connectivity index (χ3n) is 3.32. The molecule has 0 unspecified atom stereocenters. The Hall–Kier alpha value is -1.81. The van der Waals surface area contributed by atoms with E-state index in [0.29, 0.717) is 0 Å². The molecule has 1 saturated heterocycles.